The van der Waals surface area contributed by atoms with E-state index in [9.17, 15) is 4.79 Å². The maximum Gasteiger partial charge on any atom is 0.271 e. The first-order valence-corrected chi connectivity index (χ1v) is 7.40. The van der Waals surface area contributed by atoms with Crippen molar-refractivity contribution in [3.05, 3.63) is 47.5 Å². The van der Waals surface area contributed by atoms with Gasteiger partial charge in [0.2, 0.25) is 0 Å². The third-order valence-corrected chi connectivity index (χ3v) is 3.42. The lowest BCUT2D eigenvalue weighted by atomic mass is 10.2. The average molecular weight is 344 g/mol. The Balaban J connectivity index is 2.16. The number of hydrogen-bond donors (Lipinski definition) is 1. The van der Waals surface area contributed by atoms with E-state index in [0.717, 1.165) is 0 Å². The van der Waals surface area contributed by atoms with E-state index >= 15 is 0 Å². The van der Waals surface area contributed by atoms with Crippen LogP contribution in [-0.4, -0.2) is 40.6 Å². The molecule has 25 heavy (non-hydrogen) atoms. The number of hydrazone groups is 1. The van der Waals surface area contributed by atoms with Crippen molar-refractivity contribution < 1.29 is 23.7 Å². The second kappa shape index (κ2) is 8.58. The van der Waals surface area contributed by atoms with Crippen molar-refractivity contribution in [1.29, 1.82) is 0 Å². The maximum atomic E-state index is 12.3. The Kier molecular flexibility index (Phi) is 6.22. The molecule has 0 unspecified atom stereocenters. The van der Waals surface area contributed by atoms with Gasteiger partial charge in [-0.25, -0.2) is 5.43 Å². The average Bonchev–Trinajstić information content (AvgIpc) is 2.66. The molecule has 7 heteroatoms. The molecule has 1 amide bonds. The Morgan fingerprint density at radius 2 is 1.64 bits per heavy atom. The molecule has 0 aliphatic rings. The highest BCUT2D eigenvalue weighted by Crippen LogP contribution is 2.29. The van der Waals surface area contributed by atoms with E-state index < -0.39 is 5.91 Å². The molecule has 2 aromatic rings. The molecule has 0 aliphatic heterocycles. The number of amides is 1. The second-order valence-electron chi connectivity index (χ2n) is 4.88. The van der Waals surface area contributed by atoms with Crippen LogP contribution >= 0.6 is 0 Å². The van der Waals surface area contributed by atoms with Gasteiger partial charge >= 0.3 is 0 Å². The summed E-state index contributed by atoms with van der Waals surface area (Å²) in [5.41, 5.74) is 3.50. The zero-order chi connectivity index (χ0) is 18.2. The van der Waals surface area contributed by atoms with Gasteiger partial charge in [-0.2, -0.15) is 5.10 Å². The SMILES string of the molecule is COc1cc(OC)cc(C(=O)N/N=C/c2cccc(OC)c2OC)c1. The van der Waals surface area contributed by atoms with Crippen LogP contribution in [0.25, 0.3) is 0 Å². The zero-order valence-electron chi connectivity index (χ0n) is 14.5. The quantitative estimate of drug-likeness (QED) is 0.617. The van der Waals surface area contributed by atoms with Crippen LogP contribution in [0.5, 0.6) is 23.0 Å². The Hall–Kier alpha value is -3.22. The summed E-state index contributed by atoms with van der Waals surface area (Å²) in [6, 6.07) is 10.3. The molecule has 7 nitrogen and oxygen atoms in total. The minimum absolute atomic E-state index is 0.367. The summed E-state index contributed by atoms with van der Waals surface area (Å²) >= 11 is 0. The van der Waals surface area contributed by atoms with Crippen LogP contribution in [-0.2, 0) is 0 Å². The van der Waals surface area contributed by atoms with Crippen LogP contribution in [0.1, 0.15) is 15.9 Å². The number of para-hydroxylation sites is 1. The van der Waals surface area contributed by atoms with Crippen LogP contribution in [0.15, 0.2) is 41.5 Å². The second-order valence-corrected chi connectivity index (χ2v) is 4.88. The predicted molar refractivity (Wildman–Crippen MR) is 94.2 cm³/mol. The van der Waals surface area contributed by atoms with Crippen molar-refractivity contribution in [1.82, 2.24) is 5.43 Å². The van der Waals surface area contributed by atoms with Crippen LogP contribution in [0.3, 0.4) is 0 Å². The molecule has 0 fully saturated rings. The number of carbonyl (C=O) groups excluding carboxylic acids is 1. The summed E-state index contributed by atoms with van der Waals surface area (Å²) in [4.78, 5) is 12.3. The molecule has 0 spiro atoms. The summed E-state index contributed by atoms with van der Waals surface area (Å²) in [6.07, 6.45) is 1.48. The van der Waals surface area contributed by atoms with Crippen LogP contribution in [0.4, 0.5) is 0 Å². The minimum Gasteiger partial charge on any atom is -0.497 e. The Morgan fingerprint density at radius 1 is 0.960 bits per heavy atom. The van der Waals surface area contributed by atoms with Crippen molar-refractivity contribution in [3.63, 3.8) is 0 Å². The van der Waals surface area contributed by atoms with Gasteiger partial charge in [-0.15, -0.1) is 0 Å². The van der Waals surface area contributed by atoms with Gasteiger partial charge in [0.25, 0.3) is 5.91 Å². The Labute approximate surface area is 146 Å². The summed E-state index contributed by atoms with van der Waals surface area (Å²) in [5.74, 6) is 1.75. The largest absolute Gasteiger partial charge is 0.497 e. The van der Waals surface area contributed by atoms with Crippen molar-refractivity contribution in [2.24, 2.45) is 5.10 Å². The van der Waals surface area contributed by atoms with E-state index in [0.29, 0.717) is 34.1 Å². The standard InChI is InChI=1S/C18H20N2O5/c1-22-14-8-13(9-15(10-14)23-2)18(21)20-19-11-12-6-5-7-16(24-3)17(12)25-4/h5-11H,1-4H3,(H,20,21)/b19-11+. The lowest BCUT2D eigenvalue weighted by Crippen LogP contribution is -2.17. The normalized spacial score (nSPS) is 10.4. The van der Waals surface area contributed by atoms with E-state index in [2.05, 4.69) is 10.5 Å². The predicted octanol–water partition coefficient (Wildman–Crippen LogP) is 2.48. The zero-order valence-corrected chi connectivity index (χ0v) is 14.5. The molecule has 0 aromatic heterocycles. The molecule has 0 radical (unpaired) electrons. The number of rotatable bonds is 7. The van der Waals surface area contributed by atoms with Gasteiger partial charge < -0.3 is 18.9 Å². The summed E-state index contributed by atoms with van der Waals surface area (Å²) < 4.78 is 20.8. The van der Waals surface area contributed by atoms with E-state index in [-0.39, 0.29) is 0 Å². The lowest BCUT2D eigenvalue weighted by Gasteiger charge is -2.09. The summed E-state index contributed by atoms with van der Waals surface area (Å²) in [6.45, 7) is 0. The van der Waals surface area contributed by atoms with Crippen LogP contribution in [0.2, 0.25) is 0 Å². The third-order valence-electron chi connectivity index (χ3n) is 3.42. The maximum absolute atomic E-state index is 12.3. The van der Waals surface area contributed by atoms with Gasteiger partial charge in [0, 0.05) is 17.2 Å². The van der Waals surface area contributed by atoms with E-state index in [1.54, 1.807) is 43.5 Å². The number of benzene rings is 2. The number of nitrogens with zero attached hydrogens (tertiary/aromatic N) is 1. The molecule has 0 heterocycles. The molecule has 1 N–H and O–H groups in total. The fourth-order valence-electron chi connectivity index (χ4n) is 2.18. The highest BCUT2D eigenvalue weighted by Gasteiger charge is 2.10. The molecule has 0 bridgehead atoms. The van der Waals surface area contributed by atoms with Crippen molar-refractivity contribution in [3.8, 4) is 23.0 Å². The fourth-order valence-corrected chi connectivity index (χ4v) is 2.18. The van der Waals surface area contributed by atoms with Crippen molar-refractivity contribution >= 4 is 12.1 Å². The third kappa shape index (κ3) is 4.41. The summed E-state index contributed by atoms with van der Waals surface area (Å²) in [5, 5.41) is 3.97. The Bertz CT molecular complexity index is 752. The van der Waals surface area contributed by atoms with Crippen molar-refractivity contribution in [2.75, 3.05) is 28.4 Å². The number of methoxy groups -OCH3 is 4. The molecular weight excluding hydrogens is 324 g/mol. The smallest absolute Gasteiger partial charge is 0.271 e. The number of ether oxygens (including phenoxy) is 4. The number of carbonyl (C=O) groups is 1. The van der Waals surface area contributed by atoms with Gasteiger partial charge in [-0.1, -0.05) is 6.07 Å². The fraction of sp³-hybridized carbons (Fsp3) is 0.222. The molecule has 132 valence electrons. The van der Waals surface area contributed by atoms with Crippen LogP contribution < -0.4 is 24.4 Å². The first-order chi connectivity index (χ1) is 12.1. The van der Waals surface area contributed by atoms with Gasteiger partial charge in [0.05, 0.1) is 34.7 Å². The van der Waals surface area contributed by atoms with E-state index in [1.165, 1.54) is 27.5 Å². The molecule has 0 saturated carbocycles. The molecule has 2 aromatic carbocycles. The molecule has 2 rings (SSSR count). The molecule has 0 aliphatic carbocycles. The van der Waals surface area contributed by atoms with E-state index in [1.807, 2.05) is 0 Å². The van der Waals surface area contributed by atoms with Crippen molar-refractivity contribution in [2.45, 2.75) is 0 Å². The van der Waals surface area contributed by atoms with Gasteiger partial charge in [0.1, 0.15) is 11.5 Å². The molecule has 0 saturated heterocycles. The van der Waals surface area contributed by atoms with Gasteiger partial charge in [-0.3, -0.25) is 4.79 Å². The highest BCUT2D eigenvalue weighted by molar-refractivity contribution is 5.96. The first-order valence-electron chi connectivity index (χ1n) is 7.40. The Morgan fingerprint density at radius 3 is 2.20 bits per heavy atom. The summed E-state index contributed by atoms with van der Waals surface area (Å²) in [7, 11) is 6.13. The first kappa shape index (κ1) is 18.1. The number of hydrogen-bond acceptors (Lipinski definition) is 6. The highest BCUT2D eigenvalue weighted by atomic mass is 16.5. The molecular formula is C18H20N2O5. The minimum atomic E-state index is -0.393. The number of nitrogens with one attached hydrogen (secondary N) is 1. The topological polar surface area (TPSA) is 78.4 Å². The van der Waals surface area contributed by atoms with E-state index in [4.69, 9.17) is 18.9 Å². The van der Waals surface area contributed by atoms with Gasteiger partial charge in [0.15, 0.2) is 11.5 Å². The lowest BCUT2D eigenvalue weighted by molar-refractivity contribution is 0.0954. The monoisotopic (exact) mass is 344 g/mol. The van der Waals surface area contributed by atoms with Crippen LogP contribution in [0, 0.1) is 0 Å². The van der Waals surface area contributed by atoms with Gasteiger partial charge in [-0.05, 0) is 24.3 Å². The molecule has 0 atom stereocenters.